The zero-order valence-electron chi connectivity index (χ0n) is 15.9. The first-order valence-electron chi connectivity index (χ1n) is 9.21. The third-order valence-electron chi connectivity index (χ3n) is 3.89. The molecular formula is C19H29FN6. The lowest BCUT2D eigenvalue weighted by Crippen LogP contribution is -2.40. The maximum absolute atomic E-state index is 13.0. The maximum atomic E-state index is 13.0. The van der Waals surface area contributed by atoms with Crippen LogP contribution in [0.1, 0.15) is 32.2 Å². The average molecular weight is 360 g/mol. The van der Waals surface area contributed by atoms with Gasteiger partial charge < -0.3 is 15.2 Å². The van der Waals surface area contributed by atoms with Gasteiger partial charge in [0, 0.05) is 32.6 Å². The predicted octanol–water partition coefficient (Wildman–Crippen LogP) is 2.41. The summed E-state index contributed by atoms with van der Waals surface area (Å²) in [6.45, 7) is 9.39. The molecule has 0 unspecified atom stereocenters. The molecule has 0 amide bonds. The Labute approximate surface area is 154 Å². The summed E-state index contributed by atoms with van der Waals surface area (Å²) in [5, 5.41) is 14.8. The lowest BCUT2D eigenvalue weighted by atomic mass is 10.1. The highest BCUT2D eigenvalue weighted by atomic mass is 19.1. The molecule has 2 rings (SSSR count). The molecule has 2 aromatic rings. The highest BCUT2D eigenvalue weighted by Crippen LogP contribution is 2.02. The van der Waals surface area contributed by atoms with Crippen LogP contribution < -0.4 is 10.6 Å². The molecule has 0 saturated heterocycles. The van der Waals surface area contributed by atoms with Crippen molar-refractivity contribution in [3.8, 4) is 0 Å². The Bertz CT molecular complexity index is 678. The second-order valence-corrected chi connectivity index (χ2v) is 6.61. The molecule has 0 aliphatic rings. The van der Waals surface area contributed by atoms with Crippen molar-refractivity contribution in [1.82, 2.24) is 25.4 Å². The second kappa shape index (κ2) is 10.5. The Balaban J connectivity index is 1.82. The molecule has 0 radical (unpaired) electrons. The summed E-state index contributed by atoms with van der Waals surface area (Å²) in [6, 6.07) is 6.61. The van der Waals surface area contributed by atoms with Gasteiger partial charge in [0.15, 0.2) is 5.96 Å². The van der Waals surface area contributed by atoms with Crippen molar-refractivity contribution < 1.29 is 4.39 Å². The van der Waals surface area contributed by atoms with E-state index in [0.29, 0.717) is 5.92 Å². The van der Waals surface area contributed by atoms with Crippen LogP contribution >= 0.6 is 0 Å². The van der Waals surface area contributed by atoms with Gasteiger partial charge in [-0.2, -0.15) is 0 Å². The average Bonchev–Trinajstić information content (AvgIpc) is 3.08. The quantitative estimate of drug-likeness (QED) is 0.532. The van der Waals surface area contributed by atoms with Crippen molar-refractivity contribution >= 4 is 5.96 Å². The van der Waals surface area contributed by atoms with Gasteiger partial charge in [-0.25, -0.2) is 4.39 Å². The Kier molecular flexibility index (Phi) is 8.05. The standard InChI is InChI=1S/C19H29FN6/c1-4-18-25-24-14-26(18)12-11-22-19(23-13-15(2)3)21-10-9-16-5-7-17(20)8-6-16/h5-8,14-15H,4,9-13H2,1-3H3,(H2,21,22,23). The molecule has 0 bridgehead atoms. The molecule has 1 aromatic carbocycles. The van der Waals surface area contributed by atoms with Gasteiger partial charge in [-0.15, -0.1) is 10.2 Å². The van der Waals surface area contributed by atoms with E-state index >= 15 is 0 Å². The van der Waals surface area contributed by atoms with Gasteiger partial charge >= 0.3 is 0 Å². The van der Waals surface area contributed by atoms with E-state index in [1.807, 2.05) is 16.7 Å². The van der Waals surface area contributed by atoms with E-state index < -0.39 is 0 Å². The lowest BCUT2D eigenvalue weighted by Gasteiger charge is -2.14. The molecule has 1 aromatic heterocycles. The third-order valence-corrected chi connectivity index (χ3v) is 3.89. The molecular weight excluding hydrogens is 331 g/mol. The van der Waals surface area contributed by atoms with Crippen molar-refractivity contribution in [3.63, 3.8) is 0 Å². The monoisotopic (exact) mass is 360 g/mol. The predicted molar refractivity (Wildman–Crippen MR) is 103 cm³/mol. The van der Waals surface area contributed by atoms with E-state index in [-0.39, 0.29) is 5.82 Å². The number of hydrogen-bond acceptors (Lipinski definition) is 3. The van der Waals surface area contributed by atoms with Crippen LogP contribution in [0, 0.1) is 11.7 Å². The first-order valence-corrected chi connectivity index (χ1v) is 9.21. The Morgan fingerprint density at radius 3 is 2.62 bits per heavy atom. The molecule has 2 N–H and O–H groups in total. The zero-order valence-corrected chi connectivity index (χ0v) is 15.9. The fraction of sp³-hybridized carbons (Fsp3) is 0.526. The van der Waals surface area contributed by atoms with Crippen molar-refractivity contribution in [3.05, 3.63) is 47.8 Å². The molecule has 0 spiro atoms. The van der Waals surface area contributed by atoms with Crippen molar-refractivity contribution in [2.45, 2.75) is 40.2 Å². The normalized spacial score (nSPS) is 11.8. The minimum Gasteiger partial charge on any atom is -0.356 e. The molecule has 6 nitrogen and oxygen atoms in total. The largest absolute Gasteiger partial charge is 0.356 e. The Morgan fingerprint density at radius 1 is 1.19 bits per heavy atom. The highest BCUT2D eigenvalue weighted by molar-refractivity contribution is 5.79. The molecule has 0 aliphatic heterocycles. The first-order chi connectivity index (χ1) is 12.6. The summed E-state index contributed by atoms with van der Waals surface area (Å²) >= 11 is 0. The Hall–Kier alpha value is -2.44. The number of aromatic nitrogens is 3. The maximum Gasteiger partial charge on any atom is 0.191 e. The smallest absolute Gasteiger partial charge is 0.191 e. The summed E-state index contributed by atoms with van der Waals surface area (Å²) < 4.78 is 15.0. The number of halogens is 1. The van der Waals surface area contributed by atoms with Gasteiger partial charge in [0.25, 0.3) is 0 Å². The van der Waals surface area contributed by atoms with E-state index in [1.54, 1.807) is 6.33 Å². The van der Waals surface area contributed by atoms with E-state index in [1.165, 1.54) is 12.1 Å². The number of nitrogens with one attached hydrogen (secondary N) is 2. The molecule has 0 fully saturated rings. The number of hydrogen-bond donors (Lipinski definition) is 2. The van der Waals surface area contributed by atoms with E-state index in [0.717, 1.165) is 56.4 Å². The summed E-state index contributed by atoms with van der Waals surface area (Å²) in [6.07, 6.45) is 3.44. The minimum atomic E-state index is -0.206. The molecule has 0 atom stereocenters. The minimum absolute atomic E-state index is 0.206. The van der Waals surface area contributed by atoms with Crippen LogP contribution in [0.3, 0.4) is 0 Å². The summed E-state index contributed by atoms with van der Waals surface area (Å²) in [7, 11) is 0. The Morgan fingerprint density at radius 2 is 1.92 bits per heavy atom. The second-order valence-electron chi connectivity index (χ2n) is 6.61. The third kappa shape index (κ3) is 6.82. The number of guanidine groups is 1. The van der Waals surface area contributed by atoms with Gasteiger partial charge in [0.1, 0.15) is 18.0 Å². The topological polar surface area (TPSA) is 67.1 Å². The van der Waals surface area contributed by atoms with Crippen LogP contribution in [0.15, 0.2) is 35.6 Å². The number of aliphatic imine (C=N–C) groups is 1. The van der Waals surface area contributed by atoms with Gasteiger partial charge in [0.2, 0.25) is 0 Å². The van der Waals surface area contributed by atoms with E-state index in [2.05, 4.69) is 46.6 Å². The van der Waals surface area contributed by atoms with Gasteiger partial charge in [-0.1, -0.05) is 32.9 Å². The van der Waals surface area contributed by atoms with E-state index in [4.69, 9.17) is 0 Å². The van der Waals surface area contributed by atoms with Crippen molar-refractivity contribution in [1.29, 1.82) is 0 Å². The van der Waals surface area contributed by atoms with Crippen LogP contribution in [0.25, 0.3) is 0 Å². The molecule has 142 valence electrons. The molecule has 0 saturated carbocycles. The van der Waals surface area contributed by atoms with Crippen LogP contribution in [-0.4, -0.2) is 40.4 Å². The van der Waals surface area contributed by atoms with Gasteiger partial charge in [0.05, 0.1) is 0 Å². The van der Waals surface area contributed by atoms with Crippen LogP contribution in [0.2, 0.25) is 0 Å². The van der Waals surface area contributed by atoms with Crippen LogP contribution in [-0.2, 0) is 19.4 Å². The fourth-order valence-electron chi connectivity index (χ4n) is 2.46. The number of nitrogens with zero attached hydrogens (tertiary/aromatic N) is 4. The summed E-state index contributed by atoms with van der Waals surface area (Å²) in [4.78, 5) is 4.62. The number of benzene rings is 1. The summed E-state index contributed by atoms with van der Waals surface area (Å²) in [5.41, 5.74) is 1.10. The van der Waals surface area contributed by atoms with Crippen molar-refractivity contribution in [2.24, 2.45) is 10.9 Å². The molecule has 1 heterocycles. The van der Waals surface area contributed by atoms with Crippen LogP contribution in [0.5, 0.6) is 0 Å². The van der Waals surface area contributed by atoms with Gasteiger partial charge in [-0.3, -0.25) is 4.99 Å². The lowest BCUT2D eigenvalue weighted by molar-refractivity contribution is 0.622. The number of rotatable bonds is 9. The van der Waals surface area contributed by atoms with Gasteiger partial charge in [-0.05, 0) is 30.0 Å². The SMILES string of the molecule is CCc1nncn1CCNC(=NCC(C)C)NCCc1ccc(F)cc1. The van der Waals surface area contributed by atoms with Crippen molar-refractivity contribution in [2.75, 3.05) is 19.6 Å². The molecule has 26 heavy (non-hydrogen) atoms. The highest BCUT2D eigenvalue weighted by Gasteiger charge is 2.03. The molecule has 7 heteroatoms. The first kappa shape index (κ1) is 19.9. The zero-order chi connectivity index (χ0) is 18.8. The van der Waals surface area contributed by atoms with E-state index in [9.17, 15) is 4.39 Å². The number of aryl methyl sites for hydroxylation is 1. The van der Waals surface area contributed by atoms with Crippen LogP contribution in [0.4, 0.5) is 4.39 Å². The fourth-order valence-corrected chi connectivity index (χ4v) is 2.46. The molecule has 0 aliphatic carbocycles. The summed E-state index contributed by atoms with van der Waals surface area (Å²) in [5.74, 6) is 2.07.